The number of amides is 1. The SMILES string of the molecule is O=C(NCc1ccccc1-c1ccsc1)c1ccc(Br)cc1. The van der Waals surface area contributed by atoms with Crippen molar-refractivity contribution in [2.45, 2.75) is 6.54 Å². The van der Waals surface area contributed by atoms with Gasteiger partial charge in [0.1, 0.15) is 0 Å². The maximum absolute atomic E-state index is 12.2. The summed E-state index contributed by atoms with van der Waals surface area (Å²) in [5.74, 6) is -0.0624. The van der Waals surface area contributed by atoms with Crippen LogP contribution in [0.25, 0.3) is 11.1 Å². The number of hydrogen-bond acceptors (Lipinski definition) is 2. The minimum atomic E-state index is -0.0624. The molecule has 0 aliphatic rings. The smallest absolute Gasteiger partial charge is 0.251 e. The van der Waals surface area contributed by atoms with Crippen molar-refractivity contribution in [2.24, 2.45) is 0 Å². The lowest BCUT2D eigenvalue weighted by Gasteiger charge is -2.10. The molecule has 22 heavy (non-hydrogen) atoms. The van der Waals surface area contributed by atoms with Gasteiger partial charge in [-0.1, -0.05) is 40.2 Å². The van der Waals surface area contributed by atoms with Gasteiger partial charge in [0.25, 0.3) is 5.91 Å². The van der Waals surface area contributed by atoms with Crippen LogP contribution >= 0.6 is 27.3 Å². The Bertz CT molecular complexity index is 766. The predicted octanol–water partition coefficient (Wildman–Crippen LogP) is 5.11. The summed E-state index contributed by atoms with van der Waals surface area (Å²) in [6, 6.07) is 17.6. The van der Waals surface area contributed by atoms with Crippen molar-refractivity contribution >= 4 is 33.2 Å². The Kier molecular flexibility index (Phi) is 4.71. The minimum absolute atomic E-state index is 0.0624. The van der Waals surface area contributed by atoms with Crippen LogP contribution in [0.2, 0.25) is 0 Å². The van der Waals surface area contributed by atoms with E-state index >= 15 is 0 Å². The van der Waals surface area contributed by atoms with Gasteiger partial charge >= 0.3 is 0 Å². The van der Waals surface area contributed by atoms with Gasteiger partial charge in [0, 0.05) is 16.6 Å². The van der Waals surface area contributed by atoms with Gasteiger partial charge in [-0.3, -0.25) is 4.79 Å². The lowest BCUT2D eigenvalue weighted by Crippen LogP contribution is -2.23. The molecule has 0 saturated carbocycles. The van der Waals surface area contributed by atoms with Crippen molar-refractivity contribution in [3.8, 4) is 11.1 Å². The number of halogens is 1. The van der Waals surface area contributed by atoms with Crippen molar-refractivity contribution < 1.29 is 4.79 Å². The Morgan fingerprint density at radius 3 is 2.55 bits per heavy atom. The van der Waals surface area contributed by atoms with Crippen molar-refractivity contribution in [1.29, 1.82) is 0 Å². The summed E-state index contributed by atoms with van der Waals surface area (Å²) in [4.78, 5) is 12.2. The fourth-order valence-electron chi connectivity index (χ4n) is 2.25. The third-order valence-electron chi connectivity index (χ3n) is 3.40. The molecule has 0 bridgehead atoms. The van der Waals surface area contributed by atoms with Crippen LogP contribution in [0.4, 0.5) is 0 Å². The molecule has 1 N–H and O–H groups in total. The van der Waals surface area contributed by atoms with Crippen LogP contribution in [0.5, 0.6) is 0 Å². The number of carbonyl (C=O) groups excluding carboxylic acids is 1. The number of nitrogens with one attached hydrogen (secondary N) is 1. The lowest BCUT2D eigenvalue weighted by molar-refractivity contribution is 0.0951. The molecule has 1 heterocycles. The summed E-state index contributed by atoms with van der Waals surface area (Å²) in [5.41, 5.74) is 4.14. The zero-order chi connectivity index (χ0) is 15.4. The van der Waals surface area contributed by atoms with E-state index in [-0.39, 0.29) is 5.91 Å². The summed E-state index contributed by atoms with van der Waals surface area (Å²) in [7, 11) is 0. The Balaban J connectivity index is 1.74. The molecule has 2 aromatic carbocycles. The third-order valence-corrected chi connectivity index (χ3v) is 4.61. The normalized spacial score (nSPS) is 10.4. The highest BCUT2D eigenvalue weighted by molar-refractivity contribution is 9.10. The monoisotopic (exact) mass is 371 g/mol. The molecule has 4 heteroatoms. The molecule has 0 aliphatic heterocycles. The zero-order valence-corrected chi connectivity index (χ0v) is 14.2. The molecule has 0 atom stereocenters. The largest absolute Gasteiger partial charge is 0.348 e. The number of benzene rings is 2. The van der Waals surface area contributed by atoms with E-state index in [4.69, 9.17) is 0 Å². The summed E-state index contributed by atoms with van der Waals surface area (Å²) in [5, 5.41) is 7.17. The maximum Gasteiger partial charge on any atom is 0.251 e. The Morgan fingerprint density at radius 2 is 1.82 bits per heavy atom. The standard InChI is InChI=1S/C18H14BrNOS/c19-16-7-5-13(6-8-16)18(21)20-11-14-3-1-2-4-17(14)15-9-10-22-12-15/h1-10,12H,11H2,(H,20,21). The van der Waals surface area contributed by atoms with Crippen molar-refractivity contribution in [2.75, 3.05) is 0 Å². The highest BCUT2D eigenvalue weighted by Gasteiger charge is 2.08. The highest BCUT2D eigenvalue weighted by Crippen LogP contribution is 2.25. The van der Waals surface area contributed by atoms with Gasteiger partial charge in [-0.05, 0) is 57.8 Å². The molecule has 3 aromatic rings. The van der Waals surface area contributed by atoms with Gasteiger partial charge in [-0.25, -0.2) is 0 Å². The van der Waals surface area contributed by atoms with E-state index < -0.39 is 0 Å². The van der Waals surface area contributed by atoms with E-state index in [1.807, 2.05) is 36.4 Å². The topological polar surface area (TPSA) is 29.1 Å². The quantitative estimate of drug-likeness (QED) is 0.678. The summed E-state index contributed by atoms with van der Waals surface area (Å²) in [6.45, 7) is 0.515. The van der Waals surface area contributed by atoms with Crippen LogP contribution in [-0.2, 0) is 6.54 Å². The van der Waals surface area contributed by atoms with E-state index in [9.17, 15) is 4.79 Å². The third kappa shape index (κ3) is 3.46. The van der Waals surface area contributed by atoms with E-state index in [1.165, 1.54) is 11.1 Å². The van der Waals surface area contributed by atoms with Crippen molar-refractivity contribution in [1.82, 2.24) is 5.32 Å². The molecule has 0 unspecified atom stereocenters. The van der Waals surface area contributed by atoms with Crippen LogP contribution in [0.15, 0.2) is 69.8 Å². The number of rotatable bonds is 4. The van der Waals surface area contributed by atoms with Crippen LogP contribution in [0.3, 0.4) is 0 Å². The lowest BCUT2D eigenvalue weighted by atomic mass is 10.0. The number of thiophene rings is 1. The second kappa shape index (κ2) is 6.90. The Hall–Kier alpha value is -1.91. The molecule has 0 fully saturated rings. The molecular formula is C18H14BrNOS. The average Bonchev–Trinajstić information content (AvgIpc) is 3.08. The Labute approximate surface area is 141 Å². The molecule has 0 saturated heterocycles. The van der Waals surface area contributed by atoms with Gasteiger partial charge in [0.05, 0.1) is 0 Å². The molecule has 0 aliphatic carbocycles. The van der Waals surface area contributed by atoms with Crippen LogP contribution in [-0.4, -0.2) is 5.91 Å². The van der Waals surface area contributed by atoms with Gasteiger partial charge in [-0.2, -0.15) is 11.3 Å². The first-order chi connectivity index (χ1) is 10.7. The number of hydrogen-bond donors (Lipinski definition) is 1. The van der Waals surface area contributed by atoms with E-state index in [1.54, 1.807) is 11.3 Å². The summed E-state index contributed by atoms with van der Waals surface area (Å²) in [6.07, 6.45) is 0. The zero-order valence-electron chi connectivity index (χ0n) is 11.8. The molecule has 3 rings (SSSR count). The van der Waals surface area contributed by atoms with Gasteiger partial charge < -0.3 is 5.32 Å². The first kappa shape index (κ1) is 15.0. The van der Waals surface area contributed by atoms with Crippen LogP contribution in [0, 0.1) is 0 Å². The van der Waals surface area contributed by atoms with E-state index in [0.717, 1.165) is 10.0 Å². The summed E-state index contributed by atoms with van der Waals surface area (Å²) >= 11 is 5.05. The second-order valence-corrected chi connectivity index (χ2v) is 6.55. The van der Waals surface area contributed by atoms with Crippen LogP contribution < -0.4 is 5.32 Å². The van der Waals surface area contributed by atoms with Crippen molar-refractivity contribution in [3.05, 3.63) is 81.0 Å². The van der Waals surface area contributed by atoms with Crippen LogP contribution in [0.1, 0.15) is 15.9 Å². The van der Waals surface area contributed by atoms with Gasteiger partial charge in [-0.15, -0.1) is 0 Å². The van der Waals surface area contributed by atoms with Gasteiger partial charge in [0.15, 0.2) is 0 Å². The molecule has 2 nitrogen and oxygen atoms in total. The van der Waals surface area contributed by atoms with E-state index in [2.05, 4.69) is 50.2 Å². The highest BCUT2D eigenvalue weighted by atomic mass is 79.9. The fourth-order valence-corrected chi connectivity index (χ4v) is 3.17. The molecular weight excluding hydrogens is 358 g/mol. The van der Waals surface area contributed by atoms with Crippen molar-refractivity contribution in [3.63, 3.8) is 0 Å². The predicted molar refractivity (Wildman–Crippen MR) is 95.1 cm³/mol. The first-order valence-corrected chi connectivity index (χ1v) is 8.62. The average molecular weight is 372 g/mol. The maximum atomic E-state index is 12.2. The molecule has 0 radical (unpaired) electrons. The minimum Gasteiger partial charge on any atom is -0.348 e. The molecule has 1 amide bonds. The van der Waals surface area contributed by atoms with E-state index in [0.29, 0.717) is 12.1 Å². The number of carbonyl (C=O) groups is 1. The molecule has 1 aromatic heterocycles. The Morgan fingerprint density at radius 1 is 1.05 bits per heavy atom. The summed E-state index contributed by atoms with van der Waals surface area (Å²) < 4.78 is 0.965. The first-order valence-electron chi connectivity index (χ1n) is 6.88. The molecule has 0 spiro atoms. The molecule has 110 valence electrons. The second-order valence-electron chi connectivity index (χ2n) is 4.86. The van der Waals surface area contributed by atoms with Gasteiger partial charge in [0.2, 0.25) is 0 Å². The fraction of sp³-hybridized carbons (Fsp3) is 0.0556.